The Labute approximate surface area is 131 Å². The van der Waals surface area contributed by atoms with Crippen LogP contribution in [0.25, 0.3) is 0 Å². The van der Waals surface area contributed by atoms with Gasteiger partial charge in [0.05, 0.1) is 0 Å². The third-order valence-corrected chi connectivity index (χ3v) is 4.07. The van der Waals surface area contributed by atoms with E-state index in [0.29, 0.717) is 5.92 Å². The summed E-state index contributed by atoms with van der Waals surface area (Å²) in [7, 11) is 0. The van der Waals surface area contributed by atoms with Crippen LogP contribution in [0, 0.1) is 11.8 Å². The van der Waals surface area contributed by atoms with E-state index in [1.54, 1.807) is 0 Å². The molecule has 1 aliphatic carbocycles. The molecule has 4 heteroatoms. The zero-order valence-corrected chi connectivity index (χ0v) is 14.4. The van der Waals surface area contributed by atoms with Gasteiger partial charge < -0.3 is 10.2 Å². The van der Waals surface area contributed by atoms with Crippen molar-refractivity contribution in [3.63, 3.8) is 0 Å². The molecule has 1 aliphatic rings. The Morgan fingerprint density at radius 2 is 2.20 bits per heavy atom. The molecule has 0 aliphatic heterocycles. The predicted molar refractivity (Wildman–Crippen MR) is 89.1 cm³/mol. The van der Waals surface area contributed by atoms with Gasteiger partial charge in [0.2, 0.25) is 0 Å². The second-order valence-corrected chi connectivity index (χ2v) is 7.06. The van der Waals surface area contributed by atoms with Gasteiger partial charge in [-0.25, -0.2) is 4.98 Å². The van der Waals surface area contributed by atoms with Crippen LogP contribution in [0.3, 0.4) is 0 Å². The number of anilines is 1. The van der Waals surface area contributed by atoms with Gasteiger partial charge in [0.15, 0.2) is 0 Å². The molecule has 1 fully saturated rings. The second kappa shape index (κ2) is 7.41. The lowest BCUT2D eigenvalue weighted by molar-refractivity contribution is 0.551. The van der Waals surface area contributed by atoms with Gasteiger partial charge in [-0.05, 0) is 60.1 Å². The smallest absolute Gasteiger partial charge is 0.133 e. The van der Waals surface area contributed by atoms with Crippen LogP contribution in [-0.2, 0) is 6.54 Å². The molecule has 0 spiro atoms. The lowest BCUT2D eigenvalue weighted by Gasteiger charge is -2.25. The summed E-state index contributed by atoms with van der Waals surface area (Å²) in [5.41, 5.74) is 1.29. The maximum atomic E-state index is 4.67. The number of nitrogens with zero attached hydrogens (tertiary/aromatic N) is 2. The Bertz CT molecular complexity index is 430. The van der Waals surface area contributed by atoms with E-state index in [2.05, 4.69) is 58.0 Å². The molecule has 0 aromatic carbocycles. The molecule has 1 aromatic heterocycles. The van der Waals surface area contributed by atoms with E-state index in [9.17, 15) is 0 Å². The van der Waals surface area contributed by atoms with Gasteiger partial charge in [-0.3, -0.25) is 0 Å². The Hall–Kier alpha value is -0.610. The zero-order valence-electron chi connectivity index (χ0n) is 12.8. The minimum absolute atomic E-state index is 0.673. The molecule has 0 bridgehead atoms. The summed E-state index contributed by atoms with van der Waals surface area (Å²) < 4.78 is 1.06. The number of hydrogen-bond acceptors (Lipinski definition) is 3. The average molecular weight is 340 g/mol. The first-order chi connectivity index (χ1) is 9.60. The van der Waals surface area contributed by atoms with Gasteiger partial charge in [0, 0.05) is 35.9 Å². The highest BCUT2D eigenvalue weighted by Gasteiger charge is 2.25. The normalized spacial score (nSPS) is 14.8. The van der Waals surface area contributed by atoms with Crippen LogP contribution in [0.1, 0.15) is 39.2 Å². The SMILES string of the molecule is CCN(CC1CC1)c1ncc(Br)cc1CNCC(C)C. The minimum atomic E-state index is 0.673. The molecule has 20 heavy (non-hydrogen) atoms. The quantitative estimate of drug-likeness (QED) is 0.780. The Kier molecular flexibility index (Phi) is 5.85. The highest BCUT2D eigenvalue weighted by molar-refractivity contribution is 9.10. The van der Waals surface area contributed by atoms with E-state index in [1.807, 2.05) is 6.20 Å². The number of aromatic nitrogens is 1. The van der Waals surface area contributed by atoms with Crippen molar-refractivity contribution >= 4 is 21.7 Å². The van der Waals surface area contributed by atoms with Gasteiger partial charge in [0.25, 0.3) is 0 Å². The zero-order chi connectivity index (χ0) is 14.5. The number of nitrogens with one attached hydrogen (secondary N) is 1. The summed E-state index contributed by atoms with van der Waals surface area (Å²) in [6.07, 6.45) is 4.68. The van der Waals surface area contributed by atoms with Crippen LogP contribution in [0.4, 0.5) is 5.82 Å². The van der Waals surface area contributed by atoms with Crippen LogP contribution in [0.15, 0.2) is 16.7 Å². The van der Waals surface area contributed by atoms with Gasteiger partial charge in [-0.15, -0.1) is 0 Å². The summed E-state index contributed by atoms with van der Waals surface area (Å²) in [6.45, 7) is 10.8. The molecule has 0 amide bonds. The molecule has 1 heterocycles. The monoisotopic (exact) mass is 339 g/mol. The molecule has 112 valence electrons. The maximum Gasteiger partial charge on any atom is 0.133 e. The molecule has 0 atom stereocenters. The first-order valence-corrected chi connectivity index (χ1v) is 8.49. The van der Waals surface area contributed by atoms with Crippen molar-refractivity contribution in [3.8, 4) is 0 Å². The summed E-state index contributed by atoms with van der Waals surface area (Å²) >= 11 is 3.54. The fourth-order valence-corrected chi connectivity index (χ4v) is 2.74. The second-order valence-electron chi connectivity index (χ2n) is 6.14. The molecule has 1 saturated carbocycles. The number of halogens is 1. The van der Waals surface area contributed by atoms with Crippen LogP contribution in [0.2, 0.25) is 0 Å². The van der Waals surface area contributed by atoms with Crippen molar-refractivity contribution in [2.24, 2.45) is 11.8 Å². The van der Waals surface area contributed by atoms with Crippen LogP contribution >= 0.6 is 15.9 Å². The molecule has 2 rings (SSSR count). The predicted octanol–water partition coefficient (Wildman–Crippen LogP) is 3.83. The van der Waals surface area contributed by atoms with Crippen LogP contribution in [0.5, 0.6) is 0 Å². The molecule has 0 saturated heterocycles. The molecule has 0 radical (unpaired) electrons. The molecule has 0 unspecified atom stereocenters. The van der Waals surface area contributed by atoms with Crippen molar-refractivity contribution in [2.45, 2.75) is 40.2 Å². The maximum absolute atomic E-state index is 4.67. The Balaban J connectivity index is 2.08. The van der Waals surface area contributed by atoms with E-state index >= 15 is 0 Å². The summed E-state index contributed by atoms with van der Waals surface area (Å²) in [5.74, 6) is 2.71. The summed E-state index contributed by atoms with van der Waals surface area (Å²) in [6, 6.07) is 2.20. The summed E-state index contributed by atoms with van der Waals surface area (Å²) in [5, 5.41) is 3.53. The summed E-state index contributed by atoms with van der Waals surface area (Å²) in [4.78, 5) is 7.09. The Morgan fingerprint density at radius 1 is 1.45 bits per heavy atom. The lowest BCUT2D eigenvalue weighted by Crippen LogP contribution is -2.29. The molecule has 1 N–H and O–H groups in total. The van der Waals surface area contributed by atoms with Crippen molar-refractivity contribution in [2.75, 3.05) is 24.5 Å². The molecular formula is C16H26BrN3. The third-order valence-electron chi connectivity index (χ3n) is 3.63. The van der Waals surface area contributed by atoms with Crippen molar-refractivity contribution in [1.29, 1.82) is 0 Å². The lowest BCUT2D eigenvalue weighted by atomic mass is 10.2. The number of rotatable bonds is 8. The van der Waals surface area contributed by atoms with Crippen molar-refractivity contribution < 1.29 is 0 Å². The van der Waals surface area contributed by atoms with Crippen molar-refractivity contribution in [3.05, 3.63) is 22.3 Å². The largest absolute Gasteiger partial charge is 0.356 e. The highest BCUT2D eigenvalue weighted by Crippen LogP contribution is 2.32. The van der Waals surface area contributed by atoms with Crippen molar-refractivity contribution in [1.82, 2.24) is 10.3 Å². The minimum Gasteiger partial charge on any atom is -0.356 e. The highest BCUT2D eigenvalue weighted by atomic mass is 79.9. The average Bonchev–Trinajstić information content (AvgIpc) is 3.20. The third kappa shape index (κ3) is 4.74. The van der Waals surface area contributed by atoms with E-state index in [0.717, 1.165) is 42.4 Å². The van der Waals surface area contributed by atoms with Crippen LogP contribution in [-0.4, -0.2) is 24.6 Å². The first-order valence-electron chi connectivity index (χ1n) is 7.70. The molecule has 1 aromatic rings. The molecule has 3 nitrogen and oxygen atoms in total. The van der Waals surface area contributed by atoms with Crippen LogP contribution < -0.4 is 10.2 Å². The fourth-order valence-electron chi connectivity index (χ4n) is 2.36. The van der Waals surface area contributed by atoms with Gasteiger partial charge >= 0.3 is 0 Å². The number of hydrogen-bond donors (Lipinski definition) is 1. The van der Waals surface area contributed by atoms with Gasteiger partial charge in [-0.1, -0.05) is 13.8 Å². The van der Waals surface area contributed by atoms with Gasteiger partial charge in [0.1, 0.15) is 5.82 Å². The van der Waals surface area contributed by atoms with E-state index < -0.39 is 0 Å². The van der Waals surface area contributed by atoms with E-state index in [4.69, 9.17) is 0 Å². The van der Waals surface area contributed by atoms with E-state index in [1.165, 1.54) is 18.4 Å². The standard InChI is InChI=1S/C16H26BrN3/c1-4-20(11-13-5-6-13)16-14(7-15(17)10-19-16)9-18-8-12(2)3/h7,10,12-13,18H,4-6,8-9,11H2,1-3H3. The number of pyridine rings is 1. The fraction of sp³-hybridized carbons (Fsp3) is 0.688. The first kappa shape index (κ1) is 15.8. The molecular weight excluding hydrogens is 314 g/mol. The Morgan fingerprint density at radius 3 is 2.80 bits per heavy atom. The van der Waals surface area contributed by atoms with E-state index in [-0.39, 0.29) is 0 Å². The topological polar surface area (TPSA) is 28.2 Å². The van der Waals surface area contributed by atoms with Gasteiger partial charge in [-0.2, -0.15) is 0 Å².